The number of hydrogen-bond acceptors (Lipinski definition) is 3. The van der Waals surface area contributed by atoms with Crippen LogP contribution < -0.4 is 16.0 Å². The van der Waals surface area contributed by atoms with Gasteiger partial charge in [-0.3, -0.25) is 4.79 Å². The van der Waals surface area contributed by atoms with Gasteiger partial charge in [0.25, 0.3) is 5.91 Å². The number of aliphatic carboxylic acids is 1. The van der Waals surface area contributed by atoms with Crippen LogP contribution in [-0.2, 0) is 4.79 Å². The molecule has 0 saturated heterocycles. The Labute approximate surface area is 197 Å². The Hall–Kier alpha value is -1.99. The Morgan fingerprint density at radius 3 is 2.19 bits per heavy atom. The molecule has 4 fully saturated rings. The summed E-state index contributed by atoms with van der Waals surface area (Å²) in [6.07, 6.45) is 6.49. The minimum atomic E-state index is -1.33. The normalized spacial score (nSPS) is 33.4. The van der Waals surface area contributed by atoms with Crippen LogP contribution in [0.15, 0.2) is 18.2 Å². The highest BCUT2D eigenvalue weighted by atomic mass is 35.5. The van der Waals surface area contributed by atoms with E-state index in [0.29, 0.717) is 5.92 Å². The monoisotopic (exact) mass is 481 g/mol. The third-order valence-electron chi connectivity index (χ3n) is 7.26. The zero-order chi connectivity index (χ0) is 23.3. The van der Waals surface area contributed by atoms with E-state index in [1.165, 1.54) is 31.4 Å². The number of urea groups is 1. The van der Waals surface area contributed by atoms with Gasteiger partial charge in [0.1, 0.15) is 6.04 Å². The van der Waals surface area contributed by atoms with E-state index >= 15 is 0 Å². The molecule has 5 rings (SSSR count). The molecule has 4 saturated carbocycles. The quantitative estimate of drug-likeness (QED) is 0.487. The van der Waals surface area contributed by atoms with Crippen molar-refractivity contribution >= 4 is 41.1 Å². The van der Waals surface area contributed by atoms with Gasteiger partial charge in [-0.25, -0.2) is 9.59 Å². The summed E-state index contributed by atoms with van der Waals surface area (Å²) in [5.74, 6) is -1.36. The van der Waals surface area contributed by atoms with Crippen molar-refractivity contribution in [2.24, 2.45) is 16.7 Å². The van der Waals surface area contributed by atoms with E-state index in [1.807, 2.05) is 0 Å². The highest BCUT2D eigenvalue weighted by molar-refractivity contribution is 6.39. The average molecular weight is 482 g/mol. The van der Waals surface area contributed by atoms with E-state index in [2.05, 4.69) is 29.8 Å². The summed E-state index contributed by atoms with van der Waals surface area (Å²) in [5.41, 5.74) is 0.238. The maximum Gasteiger partial charge on any atom is 0.328 e. The van der Waals surface area contributed by atoms with Gasteiger partial charge in [0.05, 0.1) is 22.2 Å². The van der Waals surface area contributed by atoms with Gasteiger partial charge in [0.15, 0.2) is 0 Å². The summed E-state index contributed by atoms with van der Waals surface area (Å²) in [7, 11) is 0. The molecule has 174 valence electrons. The van der Waals surface area contributed by atoms with Crippen LogP contribution in [0.25, 0.3) is 0 Å². The van der Waals surface area contributed by atoms with Crippen molar-refractivity contribution in [3.05, 3.63) is 33.8 Å². The maximum atomic E-state index is 12.8. The van der Waals surface area contributed by atoms with Crippen LogP contribution in [0.1, 0.15) is 62.7 Å². The summed E-state index contributed by atoms with van der Waals surface area (Å²) in [5, 5.41) is 18.0. The molecule has 0 spiro atoms. The fourth-order valence-corrected chi connectivity index (χ4v) is 7.78. The molecule has 32 heavy (non-hydrogen) atoms. The predicted molar refractivity (Wildman–Crippen MR) is 122 cm³/mol. The predicted octanol–water partition coefficient (Wildman–Crippen LogP) is 4.22. The Morgan fingerprint density at radius 2 is 1.66 bits per heavy atom. The minimum Gasteiger partial charge on any atom is -0.480 e. The third kappa shape index (κ3) is 4.55. The number of nitrogens with one attached hydrogen (secondary N) is 3. The molecule has 3 amide bonds. The molecule has 3 atom stereocenters. The smallest absolute Gasteiger partial charge is 0.328 e. The molecule has 2 unspecified atom stereocenters. The molecule has 0 aromatic heterocycles. The molecule has 7 nitrogen and oxygen atoms in total. The molecule has 0 radical (unpaired) electrons. The maximum absolute atomic E-state index is 12.8. The van der Waals surface area contributed by atoms with Gasteiger partial charge in [-0.1, -0.05) is 43.1 Å². The Balaban J connectivity index is 1.38. The van der Waals surface area contributed by atoms with Crippen LogP contribution in [-0.4, -0.2) is 41.1 Å². The topological polar surface area (TPSA) is 108 Å². The van der Waals surface area contributed by atoms with E-state index in [0.717, 1.165) is 19.3 Å². The Bertz CT molecular complexity index is 930. The molecule has 1 aromatic rings. The lowest BCUT2D eigenvalue weighted by Gasteiger charge is -2.65. The van der Waals surface area contributed by atoms with Crippen molar-refractivity contribution in [1.82, 2.24) is 16.0 Å². The van der Waals surface area contributed by atoms with Crippen LogP contribution in [0.2, 0.25) is 10.0 Å². The number of carbonyl (C=O) groups excluding carboxylic acids is 2. The molecule has 4 bridgehead atoms. The third-order valence-corrected chi connectivity index (χ3v) is 7.89. The van der Waals surface area contributed by atoms with E-state index in [9.17, 15) is 19.5 Å². The van der Waals surface area contributed by atoms with Crippen molar-refractivity contribution in [2.75, 3.05) is 6.54 Å². The van der Waals surface area contributed by atoms with Gasteiger partial charge in [-0.15, -0.1) is 0 Å². The lowest BCUT2D eigenvalue weighted by atomic mass is 9.43. The fourth-order valence-electron chi connectivity index (χ4n) is 7.21. The van der Waals surface area contributed by atoms with Crippen molar-refractivity contribution in [1.29, 1.82) is 0 Å². The zero-order valence-corrected chi connectivity index (χ0v) is 19.8. The summed E-state index contributed by atoms with van der Waals surface area (Å²) in [4.78, 5) is 37.0. The molecule has 1 aromatic carbocycles. The second kappa shape index (κ2) is 8.10. The SMILES string of the molecule is CC12CC3CC(C)(C1)CC(NC(=O)NC[C@H](NC(=O)c1c(Cl)cccc1Cl)C(=O)O)(C3)C2. The van der Waals surface area contributed by atoms with Crippen molar-refractivity contribution in [3.63, 3.8) is 0 Å². The lowest BCUT2D eigenvalue weighted by Crippen LogP contribution is -2.66. The van der Waals surface area contributed by atoms with Gasteiger partial charge < -0.3 is 21.1 Å². The van der Waals surface area contributed by atoms with E-state index in [1.54, 1.807) is 6.07 Å². The summed E-state index contributed by atoms with van der Waals surface area (Å²) >= 11 is 12.1. The van der Waals surface area contributed by atoms with Crippen LogP contribution in [0.4, 0.5) is 4.79 Å². The highest BCUT2D eigenvalue weighted by Gasteiger charge is 2.60. The van der Waals surface area contributed by atoms with Gasteiger partial charge in [-0.05, 0) is 67.4 Å². The first kappa shape index (κ1) is 23.2. The number of carbonyl (C=O) groups is 3. The molecule has 0 aliphatic heterocycles. The first-order chi connectivity index (χ1) is 14.9. The highest BCUT2D eigenvalue weighted by Crippen LogP contribution is 2.66. The standard InChI is InChI=1S/C23H29Cl2N3O4/c1-21-6-13-7-22(2,10-21)12-23(8-13,11-21)28-20(32)26-9-16(19(30)31)27-18(29)17-14(24)4-3-5-15(17)25/h3-5,13,16H,6-12H2,1-2H3,(H,27,29)(H,30,31)(H2,26,28,32)/t13?,16-,21?,22?,23?/m0/s1. The Morgan fingerprint density at radius 1 is 1.06 bits per heavy atom. The van der Waals surface area contributed by atoms with Gasteiger partial charge in [0.2, 0.25) is 0 Å². The van der Waals surface area contributed by atoms with Gasteiger partial charge >= 0.3 is 12.0 Å². The first-order valence-electron chi connectivity index (χ1n) is 11.0. The number of halogens is 2. The summed E-state index contributed by atoms with van der Waals surface area (Å²) < 4.78 is 0. The molecular weight excluding hydrogens is 453 g/mol. The summed E-state index contributed by atoms with van der Waals surface area (Å²) in [6, 6.07) is 2.85. The first-order valence-corrected chi connectivity index (χ1v) is 11.7. The van der Waals surface area contributed by atoms with Crippen molar-refractivity contribution in [3.8, 4) is 0 Å². The van der Waals surface area contributed by atoms with Crippen LogP contribution in [0.5, 0.6) is 0 Å². The van der Waals surface area contributed by atoms with Gasteiger partial charge in [0, 0.05) is 5.54 Å². The van der Waals surface area contributed by atoms with Crippen LogP contribution >= 0.6 is 23.2 Å². The molecule has 4 aliphatic carbocycles. The minimum absolute atomic E-state index is 0.00147. The fraction of sp³-hybridized carbons (Fsp3) is 0.609. The molecular formula is C23H29Cl2N3O4. The molecule has 9 heteroatoms. The van der Waals surface area contributed by atoms with E-state index < -0.39 is 23.9 Å². The number of carboxylic acids is 1. The second-order valence-electron chi connectivity index (χ2n) is 10.7. The average Bonchev–Trinajstić information content (AvgIpc) is 2.61. The zero-order valence-electron chi connectivity index (χ0n) is 18.3. The second-order valence-corrected chi connectivity index (χ2v) is 11.5. The number of carboxylic acid groups (broad SMARTS) is 1. The van der Waals surface area contributed by atoms with E-state index in [-0.39, 0.29) is 38.5 Å². The van der Waals surface area contributed by atoms with Gasteiger partial charge in [-0.2, -0.15) is 0 Å². The molecule has 4 N–H and O–H groups in total. The van der Waals surface area contributed by atoms with Crippen molar-refractivity contribution < 1.29 is 19.5 Å². The number of benzene rings is 1. The molecule has 4 aliphatic rings. The largest absolute Gasteiger partial charge is 0.480 e. The number of amides is 3. The molecule has 0 heterocycles. The Kier molecular flexibility index (Phi) is 5.87. The van der Waals surface area contributed by atoms with Crippen LogP contribution in [0.3, 0.4) is 0 Å². The van der Waals surface area contributed by atoms with E-state index in [4.69, 9.17) is 23.2 Å². The number of hydrogen-bond donors (Lipinski definition) is 4. The summed E-state index contributed by atoms with van der Waals surface area (Å²) in [6.45, 7) is 4.38. The number of rotatable bonds is 6. The lowest BCUT2D eigenvalue weighted by molar-refractivity contribution is -0.139. The van der Waals surface area contributed by atoms with Crippen LogP contribution in [0, 0.1) is 16.7 Å². The van der Waals surface area contributed by atoms with Crippen molar-refractivity contribution in [2.45, 2.75) is 64.0 Å².